The third-order valence-corrected chi connectivity index (χ3v) is 6.82. The molecule has 2 saturated heterocycles. The van der Waals surface area contributed by atoms with E-state index in [-0.39, 0.29) is 5.82 Å². The normalized spacial score (nSPS) is 19.5. The van der Waals surface area contributed by atoms with Gasteiger partial charge in [-0.2, -0.15) is 5.10 Å². The van der Waals surface area contributed by atoms with E-state index in [4.69, 9.17) is 11.6 Å². The van der Waals surface area contributed by atoms with Crippen molar-refractivity contribution < 1.29 is 4.39 Å². The summed E-state index contributed by atoms with van der Waals surface area (Å²) in [6.45, 7) is 4.50. The number of rotatable bonds is 3. The maximum atomic E-state index is 14.5. The smallest absolute Gasteiger partial charge is 0.161 e. The number of hydrogen-bond donors (Lipinski definition) is 0. The standard InChI is InChI=1S/C23H22ClFN6/c1-29-12-15-7-14(8-20(25)22(15)28-29)21-10-19(24)18-9-17(11-26-23(18)27-21)31-6-3-16(13-31)30-4-2-5-30/h7-12,16H,2-6,13H2,1H3/t16-/m1/s1. The lowest BCUT2D eigenvalue weighted by Gasteiger charge is -2.36. The van der Waals surface area contributed by atoms with Gasteiger partial charge in [-0.25, -0.2) is 14.4 Å². The molecule has 0 spiro atoms. The summed E-state index contributed by atoms with van der Waals surface area (Å²) in [6, 6.07) is 7.83. The molecule has 8 heteroatoms. The Morgan fingerprint density at radius 3 is 2.81 bits per heavy atom. The van der Waals surface area contributed by atoms with Crippen LogP contribution >= 0.6 is 11.6 Å². The van der Waals surface area contributed by atoms with Gasteiger partial charge in [0.1, 0.15) is 5.52 Å². The zero-order chi connectivity index (χ0) is 21.1. The number of anilines is 1. The van der Waals surface area contributed by atoms with Crippen molar-refractivity contribution in [3.05, 3.63) is 47.5 Å². The van der Waals surface area contributed by atoms with E-state index >= 15 is 0 Å². The first kappa shape index (κ1) is 19.0. The van der Waals surface area contributed by atoms with Crippen molar-refractivity contribution in [2.24, 2.45) is 7.05 Å². The molecule has 0 amide bonds. The summed E-state index contributed by atoms with van der Waals surface area (Å²) >= 11 is 6.65. The van der Waals surface area contributed by atoms with E-state index in [1.165, 1.54) is 32.0 Å². The molecule has 1 aromatic carbocycles. The summed E-state index contributed by atoms with van der Waals surface area (Å²) in [6.07, 6.45) is 6.16. The number of aryl methyl sites for hydroxylation is 1. The monoisotopic (exact) mass is 436 g/mol. The highest BCUT2D eigenvalue weighted by molar-refractivity contribution is 6.35. The van der Waals surface area contributed by atoms with E-state index < -0.39 is 0 Å². The Morgan fingerprint density at radius 1 is 1.13 bits per heavy atom. The van der Waals surface area contributed by atoms with Crippen molar-refractivity contribution in [1.29, 1.82) is 0 Å². The van der Waals surface area contributed by atoms with E-state index in [0.717, 1.165) is 29.5 Å². The van der Waals surface area contributed by atoms with Gasteiger partial charge < -0.3 is 4.90 Å². The van der Waals surface area contributed by atoms with Gasteiger partial charge in [0.2, 0.25) is 0 Å². The minimum atomic E-state index is -0.375. The van der Waals surface area contributed by atoms with Crippen molar-refractivity contribution in [2.45, 2.75) is 18.9 Å². The topological polar surface area (TPSA) is 50.1 Å². The third kappa shape index (κ3) is 3.23. The molecule has 0 aliphatic carbocycles. The third-order valence-electron chi connectivity index (χ3n) is 6.51. The maximum absolute atomic E-state index is 14.5. The van der Waals surface area contributed by atoms with E-state index in [9.17, 15) is 4.39 Å². The number of benzene rings is 1. The van der Waals surface area contributed by atoms with Crippen LogP contribution in [-0.4, -0.2) is 56.9 Å². The zero-order valence-electron chi connectivity index (χ0n) is 17.2. The van der Waals surface area contributed by atoms with E-state index in [1.54, 1.807) is 24.0 Å². The quantitative estimate of drug-likeness (QED) is 0.480. The second-order valence-electron chi connectivity index (χ2n) is 8.53. The molecule has 0 unspecified atom stereocenters. The van der Waals surface area contributed by atoms with Gasteiger partial charge in [0.25, 0.3) is 0 Å². The molecule has 2 fully saturated rings. The lowest BCUT2D eigenvalue weighted by atomic mass is 10.1. The minimum Gasteiger partial charge on any atom is -0.369 e. The van der Waals surface area contributed by atoms with Gasteiger partial charge in [0.15, 0.2) is 11.5 Å². The average Bonchev–Trinajstić information content (AvgIpc) is 3.33. The fourth-order valence-electron chi connectivity index (χ4n) is 4.72. The molecule has 6 nitrogen and oxygen atoms in total. The summed E-state index contributed by atoms with van der Waals surface area (Å²) in [7, 11) is 1.78. The molecular formula is C23H22ClFN6. The molecular weight excluding hydrogens is 415 g/mol. The van der Waals surface area contributed by atoms with Crippen molar-refractivity contribution in [3.8, 4) is 11.3 Å². The van der Waals surface area contributed by atoms with Crippen LogP contribution in [0.15, 0.2) is 36.7 Å². The molecule has 1 atom stereocenters. The number of pyridine rings is 2. The Hall–Kier alpha value is -2.77. The molecule has 4 aromatic rings. The number of fused-ring (bicyclic) bond motifs is 2. The Kier molecular flexibility index (Phi) is 4.36. The summed E-state index contributed by atoms with van der Waals surface area (Å²) in [5.41, 5.74) is 3.25. The van der Waals surface area contributed by atoms with Crippen molar-refractivity contribution >= 4 is 39.2 Å². The fraction of sp³-hybridized carbons (Fsp3) is 0.348. The van der Waals surface area contributed by atoms with Gasteiger partial charge in [-0.05, 0) is 50.2 Å². The maximum Gasteiger partial charge on any atom is 0.161 e. The molecule has 0 radical (unpaired) electrons. The second-order valence-corrected chi connectivity index (χ2v) is 8.94. The van der Waals surface area contributed by atoms with Crippen molar-refractivity contribution in [2.75, 3.05) is 31.1 Å². The summed E-state index contributed by atoms with van der Waals surface area (Å²) in [5.74, 6) is -0.375. The molecule has 31 heavy (non-hydrogen) atoms. The van der Waals surface area contributed by atoms with Crippen LogP contribution in [-0.2, 0) is 7.05 Å². The molecule has 5 heterocycles. The van der Waals surface area contributed by atoms with E-state index in [1.807, 2.05) is 12.3 Å². The van der Waals surface area contributed by atoms with E-state index in [2.05, 4.69) is 30.9 Å². The first-order valence-electron chi connectivity index (χ1n) is 10.6. The van der Waals surface area contributed by atoms with Crippen LogP contribution < -0.4 is 4.90 Å². The summed E-state index contributed by atoms with van der Waals surface area (Å²) < 4.78 is 16.1. The molecule has 2 aliphatic heterocycles. The number of aromatic nitrogens is 4. The van der Waals surface area contributed by atoms with Gasteiger partial charge in [0.05, 0.1) is 22.6 Å². The lowest BCUT2D eigenvalue weighted by Crippen LogP contribution is -2.46. The molecule has 0 saturated carbocycles. The Morgan fingerprint density at radius 2 is 2.00 bits per heavy atom. The number of halogens is 2. The first-order chi connectivity index (χ1) is 15.0. The van der Waals surface area contributed by atoms with Gasteiger partial charge in [-0.15, -0.1) is 0 Å². The Bertz CT molecular complexity index is 1310. The summed E-state index contributed by atoms with van der Waals surface area (Å²) in [5, 5.41) is 6.28. The highest BCUT2D eigenvalue weighted by Gasteiger charge is 2.31. The highest BCUT2D eigenvalue weighted by atomic mass is 35.5. The van der Waals surface area contributed by atoms with E-state index in [0.29, 0.717) is 33.5 Å². The number of likely N-dealkylation sites (tertiary alicyclic amines) is 1. The van der Waals surface area contributed by atoms with Gasteiger partial charge in [0, 0.05) is 48.7 Å². The Labute approximate surface area is 184 Å². The number of nitrogens with zero attached hydrogens (tertiary/aromatic N) is 6. The number of hydrogen-bond acceptors (Lipinski definition) is 5. The zero-order valence-corrected chi connectivity index (χ0v) is 18.0. The van der Waals surface area contributed by atoms with Crippen molar-refractivity contribution in [3.63, 3.8) is 0 Å². The molecule has 2 aliphatic rings. The van der Waals surface area contributed by atoms with Crippen molar-refractivity contribution in [1.82, 2.24) is 24.6 Å². The Balaban J connectivity index is 1.35. The molecule has 158 valence electrons. The average molecular weight is 437 g/mol. The predicted molar refractivity (Wildman–Crippen MR) is 121 cm³/mol. The van der Waals surface area contributed by atoms with Crippen LogP contribution in [0.3, 0.4) is 0 Å². The van der Waals surface area contributed by atoms with Crippen LogP contribution in [0.4, 0.5) is 10.1 Å². The molecule has 6 rings (SSSR count). The minimum absolute atomic E-state index is 0.350. The summed E-state index contributed by atoms with van der Waals surface area (Å²) in [4.78, 5) is 14.2. The first-order valence-corrected chi connectivity index (χ1v) is 11.0. The molecule has 0 N–H and O–H groups in total. The van der Waals surface area contributed by atoms with Gasteiger partial charge >= 0.3 is 0 Å². The predicted octanol–water partition coefficient (Wildman–Crippen LogP) is 4.26. The largest absolute Gasteiger partial charge is 0.369 e. The second kappa shape index (κ2) is 7.14. The lowest BCUT2D eigenvalue weighted by molar-refractivity contribution is 0.129. The van der Waals surface area contributed by atoms with Gasteiger partial charge in [-0.1, -0.05) is 11.6 Å². The van der Waals surface area contributed by atoms with Gasteiger partial charge in [-0.3, -0.25) is 9.58 Å². The highest BCUT2D eigenvalue weighted by Crippen LogP contribution is 2.33. The van der Waals surface area contributed by atoms with Crippen LogP contribution in [0.2, 0.25) is 5.02 Å². The fourth-order valence-corrected chi connectivity index (χ4v) is 4.96. The molecule has 0 bridgehead atoms. The SMILES string of the molecule is Cn1cc2cc(-c3cc(Cl)c4cc(N5CC[C@@H](N6CCC6)C5)cnc4n3)cc(F)c2n1. The molecule has 3 aromatic heterocycles. The van der Waals surface area contributed by atoms with Crippen LogP contribution in [0.25, 0.3) is 33.2 Å². The van der Waals surface area contributed by atoms with Crippen LogP contribution in [0, 0.1) is 5.82 Å². The van der Waals surface area contributed by atoms with Crippen LogP contribution in [0.5, 0.6) is 0 Å². The van der Waals surface area contributed by atoms with Crippen LogP contribution in [0.1, 0.15) is 12.8 Å².